The summed E-state index contributed by atoms with van der Waals surface area (Å²) in [7, 11) is 0. The Morgan fingerprint density at radius 1 is 1.43 bits per heavy atom. The van der Waals surface area contributed by atoms with Gasteiger partial charge in [0.1, 0.15) is 5.60 Å². The van der Waals surface area contributed by atoms with Crippen molar-refractivity contribution in [2.45, 2.75) is 31.9 Å². The van der Waals surface area contributed by atoms with Crippen LogP contribution in [0.25, 0.3) is 0 Å². The highest BCUT2D eigenvalue weighted by atomic mass is 35.5. The molecule has 0 aliphatic rings. The van der Waals surface area contributed by atoms with Crippen LogP contribution >= 0.6 is 35.0 Å². The van der Waals surface area contributed by atoms with E-state index in [-0.39, 0.29) is 17.4 Å². The number of hydrogen-bond acceptors (Lipinski definition) is 4. The molecule has 2 aromatic rings. The largest absolute Gasteiger partial charge is 0.382 e. The number of thioether (sulfide) groups is 1. The quantitative estimate of drug-likeness (QED) is 0.793. The number of carbonyl (C=O) groups excluding carboxylic acids is 1. The van der Waals surface area contributed by atoms with Crippen molar-refractivity contribution >= 4 is 40.1 Å². The third kappa shape index (κ3) is 4.98. The lowest BCUT2D eigenvalue weighted by Gasteiger charge is -2.29. The summed E-state index contributed by atoms with van der Waals surface area (Å²) in [6.07, 6.45) is 6.29. The maximum absolute atomic E-state index is 11.8. The molecule has 0 amide bonds. The van der Waals surface area contributed by atoms with Crippen molar-refractivity contribution < 1.29 is 9.90 Å². The van der Waals surface area contributed by atoms with Crippen molar-refractivity contribution in [1.82, 2.24) is 9.55 Å². The predicted molar refractivity (Wildman–Crippen MR) is 95.0 cm³/mol. The van der Waals surface area contributed by atoms with E-state index in [4.69, 9.17) is 23.2 Å². The van der Waals surface area contributed by atoms with Crippen LogP contribution in [-0.2, 0) is 16.9 Å². The molecule has 2 rings (SSSR count). The van der Waals surface area contributed by atoms with E-state index in [2.05, 4.69) is 4.98 Å². The van der Waals surface area contributed by atoms with E-state index in [9.17, 15) is 9.90 Å². The molecule has 0 aliphatic carbocycles. The minimum Gasteiger partial charge on any atom is -0.382 e. The molecule has 0 saturated heterocycles. The highest BCUT2D eigenvalue weighted by molar-refractivity contribution is 8.13. The summed E-state index contributed by atoms with van der Waals surface area (Å²) in [5.41, 5.74) is -0.745. The Morgan fingerprint density at radius 3 is 2.83 bits per heavy atom. The van der Waals surface area contributed by atoms with E-state index in [0.29, 0.717) is 22.0 Å². The Balaban J connectivity index is 2.28. The summed E-state index contributed by atoms with van der Waals surface area (Å²) in [6, 6.07) is 4.97. The predicted octanol–water partition coefficient (Wildman–Crippen LogP) is 4.14. The van der Waals surface area contributed by atoms with Crippen LogP contribution in [0, 0.1) is 0 Å². The fourth-order valence-electron chi connectivity index (χ4n) is 2.23. The molecule has 23 heavy (non-hydrogen) atoms. The van der Waals surface area contributed by atoms with Crippen LogP contribution in [-0.4, -0.2) is 25.5 Å². The number of nitrogens with zero attached hydrogens (tertiary/aromatic N) is 2. The summed E-state index contributed by atoms with van der Waals surface area (Å²) >= 11 is 13.3. The van der Waals surface area contributed by atoms with Crippen molar-refractivity contribution in [2.75, 3.05) is 5.75 Å². The van der Waals surface area contributed by atoms with Crippen molar-refractivity contribution in [2.24, 2.45) is 0 Å². The molecule has 0 fully saturated rings. The Kier molecular flexibility index (Phi) is 6.53. The Bertz CT molecular complexity index is 664. The molecule has 1 aromatic heterocycles. The molecule has 1 unspecified atom stereocenters. The second-order valence-corrected chi connectivity index (χ2v) is 7.18. The molecule has 0 spiro atoms. The minimum absolute atomic E-state index is 0.0571. The Morgan fingerprint density at radius 2 is 2.22 bits per heavy atom. The van der Waals surface area contributed by atoms with Crippen molar-refractivity contribution in [3.63, 3.8) is 0 Å². The summed E-state index contributed by atoms with van der Waals surface area (Å²) in [6.45, 7) is 2.20. The lowest BCUT2D eigenvalue weighted by molar-refractivity contribution is -0.111. The van der Waals surface area contributed by atoms with Gasteiger partial charge in [-0.25, -0.2) is 4.98 Å². The zero-order chi connectivity index (χ0) is 16.9. The lowest BCUT2D eigenvalue weighted by Crippen LogP contribution is -2.34. The molecular formula is C16H18Cl2N2O2S. The van der Waals surface area contributed by atoms with Gasteiger partial charge in [0.15, 0.2) is 5.12 Å². The average molecular weight is 373 g/mol. The molecule has 1 heterocycles. The number of imidazole rings is 1. The summed E-state index contributed by atoms with van der Waals surface area (Å²) in [5.74, 6) is 0.214. The summed E-state index contributed by atoms with van der Waals surface area (Å²) in [4.78, 5) is 15.8. The molecule has 0 saturated carbocycles. The number of aromatic nitrogens is 2. The molecular weight excluding hydrogens is 355 g/mol. The van der Waals surface area contributed by atoms with Gasteiger partial charge in [-0.2, -0.15) is 0 Å². The molecule has 1 atom stereocenters. The van der Waals surface area contributed by atoms with Gasteiger partial charge in [-0.3, -0.25) is 4.79 Å². The third-order valence-corrected chi connectivity index (χ3v) is 5.06. The van der Waals surface area contributed by atoms with Gasteiger partial charge in [-0.05, 0) is 18.6 Å². The molecule has 7 heteroatoms. The second-order valence-electron chi connectivity index (χ2n) is 5.30. The fraction of sp³-hybridized carbons (Fsp3) is 0.375. The van der Waals surface area contributed by atoms with Crippen LogP contribution in [0.2, 0.25) is 10.0 Å². The highest BCUT2D eigenvalue weighted by Crippen LogP contribution is 2.34. The van der Waals surface area contributed by atoms with Gasteiger partial charge in [0.05, 0.1) is 12.9 Å². The Labute approximate surface area is 149 Å². The first-order valence-electron chi connectivity index (χ1n) is 7.24. The molecule has 1 aromatic carbocycles. The molecule has 0 radical (unpaired) electrons. The number of rotatable bonds is 7. The van der Waals surface area contributed by atoms with Crippen LogP contribution in [0.15, 0.2) is 36.9 Å². The summed E-state index contributed by atoms with van der Waals surface area (Å²) < 4.78 is 1.76. The standard InChI is InChI=1S/C16H18Cl2N2O2S/c1-2-3-15(21)23-10-16(22,9-20-7-6-19-11-20)13-5-4-12(17)8-14(13)18/h4-8,11,22H,2-3,9-10H2,1H3. The number of carbonyl (C=O) groups is 1. The molecule has 4 nitrogen and oxygen atoms in total. The number of aliphatic hydroxyl groups is 1. The maximum Gasteiger partial charge on any atom is 0.189 e. The highest BCUT2D eigenvalue weighted by Gasteiger charge is 2.33. The van der Waals surface area contributed by atoms with Crippen molar-refractivity contribution in [1.29, 1.82) is 0 Å². The van der Waals surface area contributed by atoms with Crippen molar-refractivity contribution in [3.8, 4) is 0 Å². The summed E-state index contributed by atoms with van der Waals surface area (Å²) in [5, 5.41) is 12.1. The van der Waals surface area contributed by atoms with Gasteiger partial charge in [-0.15, -0.1) is 0 Å². The van der Waals surface area contributed by atoms with E-state index in [1.165, 1.54) is 0 Å². The molecule has 0 aliphatic heterocycles. The first kappa shape index (κ1) is 18.3. The van der Waals surface area contributed by atoms with Gasteiger partial charge in [0.2, 0.25) is 0 Å². The molecule has 0 bridgehead atoms. The lowest BCUT2D eigenvalue weighted by atomic mass is 9.95. The van der Waals surface area contributed by atoms with Gasteiger partial charge in [0, 0.05) is 40.2 Å². The van der Waals surface area contributed by atoms with E-state index in [1.807, 2.05) is 6.92 Å². The van der Waals surface area contributed by atoms with Crippen LogP contribution in [0.5, 0.6) is 0 Å². The fourth-order valence-corrected chi connectivity index (χ4v) is 3.81. The van der Waals surface area contributed by atoms with Gasteiger partial charge < -0.3 is 9.67 Å². The van der Waals surface area contributed by atoms with Gasteiger partial charge in [0.25, 0.3) is 0 Å². The Hall–Kier alpha value is -1.01. The van der Waals surface area contributed by atoms with Gasteiger partial charge >= 0.3 is 0 Å². The topological polar surface area (TPSA) is 55.1 Å². The number of hydrogen-bond donors (Lipinski definition) is 1. The van der Waals surface area contributed by atoms with Crippen LogP contribution in [0.3, 0.4) is 0 Å². The normalized spacial score (nSPS) is 13.7. The molecule has 124 valence electrons. The first-order chi connectivity index (χ1) is 10.9. The first-order valence-corrected chi connectivity index (χ1v) is 8.98. The smallest absolute Gasteiger partial charge is 0.189 e. The number of benzene rings is 1. The van der Waals surface area contributed by atoms with Crippen molar-refractivity contribution in [3.05, 3.63) is 52.5 Å². The second kappa shape index (κ2) is 8.20. The zero-order valence-corrected chi connectivity index (χ0v) is 15.0. The maximum atomic E-state index is 11.8. The number of halogens is 2. The zero-order valence-electron chi connectivity index (χ0n) is 12.7. The average Bonchev–Trinajstić information content (AvgIpc) is 2.98. The van der Waals surface area contributed by atoms with E-state index < -0.39 is 5.60 Å². The van der Waals surface area contributed by atoms with Gasteiger partial charge in [-0.1, -0.05) is 48.0 Å². The van der Waals surface area contributed by atoms with Crippen LogP contribution in [0.1, 0.15) is 25.3 Å². The van der Waals surface area contributed by atoms with E-state index >= 15 is 0 Å². The monoisotopic (exact) mass is 372 g/mol. The minimum atomic E-state index is -1.30. The molecule has 1 N–H and O–H groups in total. The van der Waals surface area contributed by atoms with E-state index in [1.54, 1.807) is 41.5 Å². The van der Waals surface area contributed by atoms with E-state index in [0.717, 1.165) is 18.2 Å². The van der Waals surface area contributed by atoms with Crippen LogP contribution < -0.4 is 0 Å². The van der Waals surface area contributed by atoms with Crippen LogP contribution in [0.4, 0.5) is 0 Å². The SMILES string of the molecule is CCCC(=O)SCC(O)(Cn1ccnc1)c1ccc(Cl)cc1Cl. The third-order valence-electron chi connectivity index (χ3n) is 3.36.